The number of hydrogen-bond donors (Lipinski definition) is 2. The van der Waals surface area contributed by atoms with Crippen molar-refractivity contribution in [2.75, 3.05) is 18.1 Å². The van der Waals surface area contributed by atoms with Crippen LogP contribution in [-0.2, 0) is 15.0 Å². The van der Waals surface area contributed by atoms with E-state index < -0.39 is 11.4 Å². The summed E-state index contributed by atoms with van der Waals surface area (Å²) in [7, 11) is 0. The zero-order valence-electron chi connectivity index (χ0n) is 11.9. The average molecular weight is 362 g/mol. The molecule has 22 heavy (non-hydrogen) atoms. The van der Waals surface area contributed by atoms with E-state index in [0.29, 0.717) is 22.3 Å². The Hall–Kier alpha value is -0.910. The van der Waals surface area contributed by atoms with Crippen LogP contribution in [0.1, 0.15) is 24.8 Å². The van der Waals surface area contributed by atoms with E-state index in [0.717, 1.165) is 24.8 Å². The summed E-state index contributed by atoms with van der Waals surface area (Å²) in [5, 5.41) is 12.4. The number of carbonyl (C=O) groups excluding carboxylic acids is 1. The minimum atomic E-state index is -0.845. The predicted molar refractivity (Wildman–Crippen MR) is 90.0 cm³/mol. The Morgan fingerprint density at radius 2 is 2.00 bits per heavy atom. The van der Waals surface area contributed by atoms with E-state index in [-0.39, 0.29) is 11.7 Å². The second-order valence-corrected chi connectivity index (χ2v) is 7.19. The third-order valence-corrected chi connectivity index (χ3v) is 5.55. The number of carboxylic acids is 1. The van der Waals surface area contributed by atoms with Gasteiger partial charge >= 0.3 is 5.97 Å². The maximum absolute atomic E-state index is 12.5. The van der Waals surface area contributed by atoms with E-state index in [1.807, 2.05) is 6.07 Å². The van der Waals surface area contributed by atoms with Gasteiger partial charge < -0.3 is 10.4 Å². The molecule has 4 nitrogen and oxygen atoms in total. The molecule has 0 unspecified atom stereocenters. The topological polar surface area (TPSA) is 66.4 Å². The van der Waals surface area contributed by atoms with E-state index in [9.17, 15) is 9.59 Å². The molecule has 120 valence electrons. The van der Waals surface area contributed by atoms with Gasteiger partial charge in [-0.3, -0.25) is 9.59 Å². The molecule has 0 bridgehead atoms. The fourth-order valence-electron chi connectivity index (χ4n) is 2.54. The molecule has 1 aliphatic carbocycles. The molecule has 2 N–H and O–H groups in total. The van der Waals surface area contributed by atoms with Gasteiger partial charge in [-0.1, -0.05) is 35.7 Å². The summed E-state index contributed by atoms with van der Waals surface area (Å²) in [6.45, 7) is 0.458. The zero-order chi connectivity index (χ0) is 16.2. The monoisotopic (exact) mass is 361 g/mol. The first-order chi connectivity index (χ1) is 10.5. The highest BCUT2D eigenvalue weighted by Crippen LogP contribution is 2.45. The summed E-state index contributed by atoms with van der Waals surface area (Å²) < 4.78 is 0. The van der Waals surface area contributed by atoms with Gasteiger partial charge in [-0.2, -0.15) is 0 Å². The van der Waals surface area contributed by atoms with Crippen LogP contribution in [0.4, 0.5) is 0 Å². The first kappa shape index (κ1) is 17.4. The third-order valence-electron chi connectivity index (χ3n) is 3.87. The van der Waals surface area contributed by atoms with Crippen molar-refractivity contribution in [2.24, 2.45) is 0 Å². The maximum Gasteiger partial charge on any atom is 0.313 e. The summed E-state index contributed by atoms with van der Waals surface area (Å²) >= 11 is 13.3. The molecule has 0 aromatic heterocycles. The molecule has 1 aromatic rings. The molecule has 1 aromatic carbocycles. The lowest BCUT2D eigenvalue weighted by Gasteiger charge is -2.40. The lowest BCUT2D eigenvalue weighted by atomic mass is 9.64. The zero-order valence-corrected chi connectivity index (χ0v) is 14.2. The highest BCUT2D eigenvalue weighted by Gasteiger charge is 2.45. The summed E-state index contributed by atoms with van der Waals surface area (Å²) in [6, 6.07) is 5.34. The lowest BCUT2D eigenvalue weighted by Crippen LogP contribution is -2.49. The molecule has 0 saturated heterocycles. The smallest absolute Gasteiger partial charge is 0.313 e. The van der Waals surface area contributed by atoms with Crippen LogP contribution in [0.25, 0.3) is 0 Å². The minimum absolute atomic E-state index is 0.0203. The van der Waals surface area contributed by atoms with Crippen molar-refractivity contribution in [2.45, 2.75) is 24.7 Å². The SMILES string of the molecule is O=C(O)CSCCNC(=O)C1(c2ccc(Cl)c(Cl)c2)CCC1. The van der Waals surface area contributed by atoms with Gasteiger partial charge in [0, 0.05) is 12.3 Å². The number of aliphatic carboxylic acids is 1. The van der Waals surface area contributed by atoms with Gasteiger partial charge in [-0.05, 0) is 30.5 Å². The van der Waals surface area contributed by atoms with Crippen LogP contribution in [-0.4, -0.2) is 35.0 Å². The van der Waals surface area contributed by atoms with Crippen molar-refractivity contribution in [3.05, 3.63) is 33.8 Å². The number of thioether (sulfide) groups is 1. The number of carbonyl (C=O) groups is 2. The minimum Gasteiger partial charge on any atom is -0.481 e. The summed E-state index contributed by atoms with van der Waals surface area (Å²) in [5.74, 6) is -0.237. The Bertz CT molecular complexity index is 576. The van der Waals surface area contributed by atoms with Gasteiger partial charge in [-0.25, -0.2) is 0 Å². The first-order valence-corrected chi connectivity index (χ1v) is 8.90. The van der Waals surface area contributed by atoms with Crippen molar-refractivity contribution in [1.82, 2.24) is 5.32 Å². The van der Waals surface area contributed by atoms with Gasteiger partial charge in [0.2, 0.25) is 5.91 Å². The molecule has 7 heteroatoms. The van der Waals surface area contributed by atoms with Crippen LogP contribution < -0.4 is 5.32 Å². The largest absolute Gasteiger partial charge is 0.481 e. The van der Waals surface area contributed by atoms with Crippen molar-refractivity contribution in [3.8, 4) is 0 Å². The van der Waals surface area contributed by atoms with E-state index in [4.69, 9.17) is 28.3 Å². The Morgan fingerprint density at radius 3 is 2.55 bits per heavy atom. The highest BCUT2D eigenvalue weighted by atomic mass is 35.5. The molecule has 2 rings (SSSR count). The number of rotatable bonds is 7. The first-order valence-electron chi connectivity index (χ1n) is 6.99. The van der Waals surface area contributed by atoms with Crippen molar-refractivity contribution < 1.29 is 14.7 Å². The van der Waals surface area contributed by atoms with Crippen LogP contribution >= 0.6 is 35.0 Å². The van der Waals surface area contributed by atoms with E-state index in [1.54, 1.807) is 12.1 Å². The summed E-state index contributed by atoms with van der Waals surface area (Å²) in [6.07, 6.45) is 2.58. The predicted octanol–water partition coefficient (Wildman–Crippen LogP) is 3.35. The molecule has 0 aliphatic heterocycles. The van der Waals surface area contributed by atoms with Crippen LogP contribution in [0, 0.1) is 0 Å². The molecular formula is C15H17Cl2NO3S. The van der Waals surface area contributed by atoms with Gasteiger partial charge in [0.05, 0.1) is 21.2 Å². The van der Waals surface area contributed by atoms with E-state index >= 15 is 0 Å². The third kappa shape index (κ3) is 3.89. The van der Waals surface area contributed by atoms with Crippen LogP contribution in [0.3, 0.4) is 0 Å². The number of halogens is 2. The molecule has 1 amide bonds. The number of benzene rings is 1. The van der Waals surface area contributed by atoms with Gasteiger partial charge in [-0.15, -0.1) is 11.8 Å². The molecule has 1 aliphatic rings. The highest BCUT2D eigenvalue weighted by molar-refractivity contribution is 7.99. The number of amides is 1. The Morgan fingerprint density at radius 1 is 1.27 bits per heavy atom. The molecule has 0 heterocycles. The fraction of sp³-hybridized carbons (Fsp3) is 0.467. The Kier molecular flexibility index (Phi) is 6.01. The molecule has 0 spiro atoms. The molecular weight excluding hydrogens is 345 g/mol. The quantitative estimate of drug-likeness (QED) is 0.730. The maximum atomic E-state index is 12.5. The lowest BCUT2D eigenvalue weighted by molar-refractivity contribution is -0.134. The standard InChI is InChI=1S/C15H17Cl2NO3S/c16-11-3-2-10(8-12(11)17)15(4-1-5-15)14(21)18-6-7-22-9-13(19)20/h2-3,8H,1,4-7,9H2,(H,18,21)(H,19,20). The number of hydrogen-bond acceptors (Lipinski definition) is 3. The van der Waals surface area contributed by atoms with Crippen molar-refractivity contribution in [1.29, 1.82) is 0 Å². The Labute approximate surface area is 143 Å². The van der Waals surface area contributed by atoms with Crippen molar-refractivity contribution >= 4 is 46.8 Å². The summed E-state index contributed by atoms with van der Waals surface area (Å²) in [4.78, 5) is 23.0. The van der Waals surface area contributed by atoms with E-state index in [1.165, 1.54) is 11.8 Å². The second kappa shape index (κ2) is 7.57. The number of nitrogens with one attached hydrogen (secondary N) is 1. The fourth-order valence-corrected chi connectivity index (χ4v) is 3.40. The average Bonchev–Trinajstić information content (AvgIpc) is 2.41. The normalized spacial score (nSPS) is 15.9. The molecule has 0 atom stereocenters. The van der Waals surface area contributed by atoms with Crippen LogP contribution in [0.2, 0.25) is 10.0 Å². The molecule has 1 saturated carbocycles. The Balaban J connectivity index is 1.96. The summed E-state index contributed by atoms with van der Waals surface area (Å²) in [5.41, 5.74) is 0.370. The van der Waals surface area contributed by atoms with Gasteiger partial charge in [0.25, 0.3) is 0 Å². The number of carboxylic acid groups (broad SMARTS) is 1. The van der Waals surface area contributed by atoms with Gasteiger partial charge in [0.1, 0.15) is 0 Å². The van der Waals surface area contributed by atoms with Crippen LogP contribution in [0.5, 0.6) is 0 Å². The van der Waals surface area contributed by atoms with Crippen LogP contribution in [0.15, 0.2) is 18.2 Å². The molecule has 1 fully saturated rings. The second-order valence-electron chi connectivity index (χ2n) is 5.27. The molecule has 0 radical (unpaired) electrons. The van der Waals surface area contributed by atoms with E-state index in [2.05, 4.69) is 5.32 Å². The van der Waals surface area contributed by atoms with Gasteiger partial charge in [0.15, 0.2) is 0 Å². The van der Waals surface area contributed by atoms with Crippen molar-refractivity contribution in [3.63, 3.8) is 0 Å².